The van der Waals surface area contributed by atoms with Crippen LogP contribution in [0.25, 0.3) is 11.1 Å². The molecular formula is C16H13F3O3. The summed E-state index contributed by atoms with van der Waals surface area (Å²) in [5.74, 6) is 0.132. The largest absolute Gasteiger partial charge is 0.573 e. The number of aryl methyl sites for hydroxylation is 1. The first-order valence-electron chi connectivity index (χ1n) is 6.34. The number of alkyl halides is 3. The topological polar surface area (TPSA) is 35.5 Å². The van der Waals surface area contributed by atoms with Gasteiger partial charge >= 0.3 is 6.36 Å². The molecule has 0 unspecified atom stereocenters. The van der Waals surface area contributed by atoms with E-state index in [0.717, 1.165) is 0 Å². The molecule has 0 heterocycles. The van der Waals surface area contributed by atoms with Gasteiger partial charge in [-0.3, -0.25) is 4.79 Å². The highest BCUT2D eigenvalue weighted by molar-refractivity contribution is 5.84. The highest BCUT2D eigenvalue weighted by Gasteiger charge is 2.31. The second-order valence-electron chi connectivity index (χ2n) is 4.61. The fourth-order valence-electron chi connectivity index (χ4n) is 2.21. The monoisotopic (exact) mass is 310 g/mol. The second-order valence-corrected chi connectivity index (χ2v) is 4.61. The number of carbonyl (C=O) groups is 1. The SMILES string of the molecule is COc1c(C)cc(-c2cccc(OC(F)(F)F)c2)cc1C=O. The Morgan fingerprint density at radius 2 is 1.82 bits per heavy atom. The lowest BCUT2D eigenvalue weighted by Gasteiger charge is -2.13. The molecule has 0 aromatic heterocycles. The number of hydrogen-bond acceptors (Lipinski definition) is 3. The smallest absolute Gasteiger partial charge is 0.496 e. The highest BCUT2D eigenvalue weighted by atomic mass is 19.4. The van der Waals surface area contributed by atoms with Crippen LogP contribution in [-0.2, 0) is 0 Å². The van der Waals surface area contributed by atoms with Gasteiger partial charge in [0, 0.05) is 0 Å². The fraction of sp³-hybridized carbons (Fsp3) is 0.188. The van der Waals surface area contributed by atoms with Crippen molar-refractivity contribution in [2.24, 2.45) is 0 Å². The molecule has 0 N–H and O–H groups in total. The van der Waals surface area contributed by atoms with Crippen LogP contribution in [0.2, 0.25) is 0 Å². The Bertz CT molecular complexity index is 694. The van der Waals surface area contributed by atoms with Crippen LogP contribution in [0.3, 0.4) is 0 Å². The molecule has 2 rings (SSSR count). The third-order valence-corrected chi connectivity index (χ3v) is 3.04. The lowest BCUT2D eigenvalue weighted by atomic mass is 9.99. The van der Waals surface area contributed by atoms with E-state index in [1.165, 1.54) is 25.3 Å². The molecule has 0 saturated heterocycles. The number of hydrogen-bond donors (Lipinski definition) is 0. The lowest BCUT2D eigenvalue weighted by molar-refractivity contribution is -0.274. The van der Waals surface area contributed by atoms with Crippen molar-refractivity contribution in [2.75, 3.05) is 7.11 Å². The van der Waals surface area contributed by atoms with E-state index in [9.17, 15) is 18.0 Å². The molecular weight excluding hydrogens is 297 g/mol. The average Bonchev–Trinajstić information content (AvgIpc) is 2.44. The van der Waals surface area contributed by atoms with Crippen LogP contribution in [0.5, 0.6) is 11.5 Å². The summed E-state index contributed by atoms with van der Waals surface area (Å²) >= 11 is 0. The number of methoxy groups -OCH3 is 1. The van der Waals surface area contributed by atoms with Crippen molar-refractivity contribution >= 4 is 6.29 Å². The molecule has 0 bridgehead atoms. The number of halogens is 3. The number of carbonyl (C=O) groups excluding carboxylic acids is 1. The van der Waals surface area contributed by atoms with E-state index in [1.54, 1.807) is 25.1 Å². The first-order chi connectivity index (χ1) is 10.3. The van der Waals surface area contributed by atoms with E-state index in [4.69, 9.17) is 4.74 Å². The van der Waals surface area contributed by atoms with E-state index < -0.39 is 6.36 Å². The molecule has 2 aromatic rings. The number of aldehydes is 1. The summed E-state index contributed by atoms with van der Waals surface area (Å²) in [6.07, 6.45) is -4.10. The first-order valence-corrected chi connectivity index (χ1v) is 6.34. The van der Waals surface area contributed by atoms with Gasteiger partial charge in [-0.25, -0.2) is 0 Å². The molecule has 6 heteroatoms. The minimum Gasteiger partial charge on any atom is -0.496 e. The van der Waals surface area contributed by atoms with Crippen LogP contribution in [0.4, 0.5) is 13.2 Å². The highest BCUT2D eigenvalue weighted by Crippen LogP contribution is 2.32. The van der Waals surface area contributed by atoms with Crippen LogP contribution in [0.1, 0.15) is 15.9 Å². The summed E-state index contributed by atoms with van der Waals surface area (Å²) in [5, 5.41) is 0. The van der Waals surface area contributed by atoms with Crippen molar-refractivity contribution in [1.29, 1.82) is 0 Å². The Morgan fingerprint density at radius 3 is 2.41 bits per heavy atom. The third kappa shape index (κ3) is 3.58. The number of ether oxygens (including phenoxy) is 2. The molecule has 0 radical (unpaired) electrons. The van der Waals surface area contributed by atoms with Crippen LogP contribution < -0.4 is 9.47 Å². The second kappa shape index (κ2) is 6.09. The summed E-state index contributed by atoms with van der Waals surface area (Å²) in [6.45, 7) is 1.76. The van der Waals surface area contributed by atoms with Crippen molar-refractivity contribution in [3.05, 3.63) is 47.5 Å². The van der Waals surface area contributed by atoms with Crippen LogP contribution in [-0.4, -0.2) is 19.8 Å². The molecule has 3 nitrogen and oxygen atoms in total. The maximum atomic E-state index is 12.3. The standard InChI is InChI=1S/C16H13F3O3/c1-10-6-12(7-13(9-20)15(10)21-2)11-4-3-5-14(8-11)22-16(17,18)19/h3-9H,1-2H3. The summed E-state index contributed by atoms with van der Waals surface area (Å²) in [6, 6.07) is 8.87. The molecule has 0 fully saturated rings. The zero-order chi connectivity index (χ0) is 16.3. The molecule has 0 spiro atoms. The van der Waals surface area contributed by atoms with E-state index >= 15 is 0 Å². The Morgan fingerprint density at radius 1 is 1.09 bits per heavy atom. The van der Waals surface area contributed by atoms with Crippen molar-refractivity contribution in [3.8, 4) is 22.6 Å². The Balaban J connectivity index is 2.46. The van der Waals surface area contributed by atoms with Crippen LogP contribution in [0, 0.1) is 6.92 Å². The maximum absolute atomic E-state index is 12.3. The Kier molecular flexibility index (Phi) is 4.40. The zero-order valence-corrected chi connectivity index (χ0v) is 11.9. The Labute approximate surface area is 125 Å². The molecule has 116 valence electrons. The first kappa shape index (κ1) is 15.9. The van der Waals surface area contributed by atoms with Gasteiger partial charge in [-0.1, -0.05) is 12.1 Å². The minimum absolute atomic E-state index is 0.314. The molecule has 0 aliphatic rings. The summed E-state index contributed by atoms with van der Waals surface area (Å²) < 4.78 is 45.9. The fourth-order valence-corrected chi connectivity index (χ4v) is 2.21. The molecule has 0 aliphatic heterocycles. The molecule has 0 saturated carbocycles. The van der Waals surface area contributed by atoms with Crippen molar-refractivity contribution in [1.82, 2.24) is 0 Å². The predicted molar refractivity (Wildman–Crippen MR) is 75.2 cm³/mol. The quantitative estimate of drug-likeness (QED) is 0.786. The minimum atomic E-state index is -4.75. The zero-order valence-electron chi connectivity index (χ0n) is 11.9. The lowest BCUT2D eigenvalue weighted by Crippen LogP contribution is -2.17. The van der Waals surface area contributed by atoms with Gasteiger partial charge in [0.15, 0.2) is 6.29 Å². The van der Waals surface area contributed by atoms with Gasteiger partial charge in [-0.2, -0.15) is 0 Å². The summed E-state index contributed by atoms with van der Waals surface area (Å²) in [7, 11) is 1.45. The number of benzene rings is 2. The van der Waals surface area contributed by atoms with Gasteiger partial charge < -0.3 is 9.47 Å². The van der Waals surface area contributed by atoms with Gasteiger partial charge in [-0.15, -0.1) is 13.2 Å². The van der Waals surface area contributed by atoms with Crippen LogP contribution >= 0.6 is 0 Å². The summed E-state index contributed by atoms with van der Waals surface area (Å²) in [4.78, 5) is 11.1. The molecule has 0 aliphatic carbocycles. The predicted octanol–water partition coefficient (Wildman–Crippen LogP) is 4.38. The Hall–Kier alpha value is -2.50. The summed E-state index contributed by atoms with van der Waals surface area (Å²) in [5.41, 5.74) is 2.16. The van der Waals surface area contributed by atoms with Gasteiger partial charge in [-0.05, 0) is 47.9 Å². The van der Waals surface area contributed by atoms with E-state index in [0.29, 0.717) is 34.3 Å². The molecule has 22 heavy (non-hydrogen) atoms. The van der Waals surface area contributed by atoms with Gasteiger partial charge in [0.05, 0.1) is 12.7 Å². The van der Waals surface area contributed by atoms with Gasteiger partial charge in [0.2, 0.25) is 0 Å². The molecule has 0 amide bonds. The third-order valence-electron chi connectivity index (χ3n) is 3.04. The molecule has 0 atom stereocenters. The van der Waals surface area contributed by atoms with Crippen LogP contribution in [0.15, 0.2) is 36.4 Å². The maximum Gasteiger partial charge on any atom is 0.573 e. The molecule has 2 aromatic carbocycles. The van der Waals surface area contributed by atoms with Crippen molar-refractivity contribution in [3.63, 3.8) is 0 Å². The average molecular weight is 310 g/mol. The van der Waals surface area contributed by atoms with Crippen molar-refractivity contribution in [2.45, 2.75) is 13.3 Å². The van der Waals surface area contributed by atoms with E-state index in [-0.39, 0.29) is 5.75 Å². The number of rotatable bonds is 4. The normalized spacial score (nSPS) is 11.1. The van der Waals surface area contributed by atoms with Crippen molar-refractivity contribution < 1.29 is 27.4 Å². The van der Waals surface area contributed by atoms with E-state index in [1.807, 2.05) is 0 Å². The van der Waals surface area contributed by atoms with E-state index in [2.05, 4.69) is 4.74 Å². The van der Waals surface area contributed by atoms with Gasteiger partial charge in [0.1, 0.15) is 11.5 Å². The van der Waals surface area contributed by atoms with Gasteiger partial charge in [0.25, 0.3) is 0 Å².